The Labute approximate surface area is 185 Å². The minimum atomic E-state index is -1.04. The van der Waals surface area contributed by atoms with Gasteiger partial charge in [0.2, 0.25) is 5.91 Å². The number of amides is 1. The molecule has 0 aromatic carbocycles. The molecule has 0 aromatic rings. The molecule has 1 amide bonds. The molecule has 0 aromatic heterocycles. The highest BCUT2D eigenvalue weighted by Gasteiger charge is 2.14. The zero-order valence-electron chi connectivity index (χ0n) is 19.8. The zero-order valence-corrected chi connectivity index (χ0v) is 19.8. The standard InChI is InChI=1S/C25H46N2O3/c1-4-5-6-7-8-9-10-11-12-13-14-15-16-17-18-20-24(28)26-21-19-22-27(2,3)23-25(29)30/h8-9,11-12H,4-7,10,13-23H2,1-3H3,(H-,26,28,29,30)/b9-8-,12-11-. The summed E-state index contributed by atoms with van der Waals surface area (Å²) in [7, 11) is 3.72. The number of carbonyl (C=O) groups excluding carboxylic acids is 2. The Morgan fingerprint density at radius 3 is 2.07 bits per heavy atom. The minimum Gasteiger partial charge on any atom is -0.544 e. The summed E-state index contributed by atoms with van der Waals surface area (Å²) in [6, 6.07) is 0. The number of nitrogens with zero attached hydrogens (tertiary/aromatic N) is 1. The van der Waals surface area contributed by atoms with Crippen molar-refractivity contribution in [2.24, 2.45) is 0 Å². The van der Waals surface area contributed by atoms with Crippen molar-refractivity contribution in [3.8, 4) is 0 Å². The summed E-state index contributed by atoms with van der Waals surface area (Å²) in [5.41, 5.74) is 0. The van der Waals surface area contributed by atoms with Crippen LogP contribution in [-0.2, 0) is 9.59 Å². The molecular formula is C25H46N2O3. The fraction of sp³-hybridized carbons (Fsp3) is 0.760. The van der Waals surface area contributed by atoms with Crippen LogP contribution in [0.15, 0.2) is 24.3 Å². The second-order valence-corrected chi connectivity index (χ2v) is 8.87. The third kappa shape index (κ3) is 21.1. The number of unbranched alkanes of at least 4 members (excludes halogenated alkanes) is 8. The van der Waals surface area contributed by atoms with E-state index in [4.69, 9.17) is 0 Å². The van der Waals surface area contributed by atoms with E-state index in [2.05, 4.69) is 36.5 Å². The van der Waals surface area contributed by atoms with Crippen molar-refractivity contribution in [1.29, 1.82) is 0 Å². The number of rotatable bonds is 20. The van der Waals surface area contributed by atoms with Crippen molar-refractivity contribution in [3.05, 3.63) is 24.3 Å². The van der Waals surface area contributed by atoms with E-state index in [1.807, 2.05) is 14.1 Å². The van der Waals surface area contributed by atoms with Crippen LogP contribution in [0.1, 0.15) is 90.4 Å². The van der Waals surface area contributed by atoms with Crippen LogP contribution in [0.3, 0.4) is 0 Å². The van der Waals surface area contributed by atoms with Crippen LogP contribution in [0.5, 0.6) is 0 Å². The first-order chi connectivity index (χ1) is 14.4. The van der Waals surface area contributed by atoms with Gasteiger partial charge < -0.3 is 19.7 Å². The van der Waals surface area contributed by atoms with Gasteiger partial charge in [-0.3, -0.25) is 4.79 Å². The summed E-state index contributed by atoms with van der Waals surface area (Å²) in [5, 5.41) is 13.6. The lowest BCUT2D eigenvalue weighted by molar-refractivity contribution is -0.884. The Morgan fingerprint density at radius 2 is 1.43 bits per heavy atom. The van der Waals surface area contributed by atoms with Crippen LogP contribution >= 0.6 is 0 Å². The van der Waals surface area contributed by atoms with Crippen LogP contribution in [0, 0.1) is 0 Å². The third-order valence-electron chi connectivity index (χ3n) is 5.17. The second kappa shape index (κ2) is 19.3. The van der Waals surface area contributed by atoms with Crippen molar-refractivity contribution in [1.82, 2.24) is 5.32 Å². The molecule has 5 nitrogen and oxygen atoms in total. The van der Waals surface area contributed by atoms with Crippen molar-refractivity contribution in [2.45, 2.75) is 90.4 Å². The molecule has 0 aliphatic carbocycles. The fourth-order valence-electron chi connectivity index (χ4n) is 3.35. The lowest BCUT2D eigenvalue weighted by atomic mass is 10.1. The molecule has 174 valence electrons. The third-order valence-corrected chi connectivity index (χ3v) is 5.17. The lowest BCUT2D eigenvalue weighted by Gasteiger charge is -2.30. The van der Waals surface area contributed by atoms with Gasteiger partial charge in [-0.1, -0.05) is 63.3 Å². The number of quaternary nitrogens is 1. The van der Waals surface area contributed by atoms with Gasteiger partial charge in [-0.25, -0.2) is 0 Å². The van der Waals surface area contributed by atoms with Crippen molar-refractivity contribution in [2.75, 3.05) is 33.7 Å². The van der Waals surface area contributed by atoms with Crippen LogP contribution in [0.4, 0.5) is 0 Å². The Balaban J connectivity index is 3.44. The summed E-state index contributed by atoms with van der Waals surface area (Å²) in [4.78, 5) is 22.5. The summed E-state index contributed by atoms with van der Waals surface area (Å²) >= 11 is 0. The Hall–Kier alpha value is -1.62. The molecule has 0 aliphatic rings. The van der Waals surface area contributed by atoms with E-state index in [9.17, 15) is 14.7 Å². The van der Waals surface area contributed by atoms with E-state index in [1.165, 1.54) is 44.9 Å². The SMILES string of the molecule is CCCCC/C=C\C/C=C\CCCCCCCC(=O)NCCC[N+](C)(C)CC(=O)[O-]. The number of hydrogen-bond donors (Lipinski definition) is 1. The predicted molar refractivity (Wildman–Crippen MR) is 124 cm³/mol. The van der Waals surface area contributed by atoms with Gasteiger partial charge in [-0.15, -0.1) is 0 Å². The lowest BCUT2D eigenvalue weighted by Crippen LogP contribution is -2.49. The Kier molecular flexibility index (Phi) is 18.3. The molecule has 0 atom stereocenters. The van der Waals surface area contributed by atoms with Gasteiger partial charge >= 0.3 is 0 Å². The number of carbonyl (C=O) groups is 2. The molecule has 1 N–H and O–H groups in total. The fourth-order valence-corrected chi connectivity index (χ4v) is 3.35. The number of carboxylic acid groups (broad SMARTS) is 1. The number of carboxylic acids is 1. The number of allylic oxidation sites excluding steroid dienone is 4. The molecule has 0 aliphatic heterocycles. The Bertz CT molecular complexity index is 499. The topological polar surface area (TPSA) is 69.2 Å². The van der Waals surface area contributed by atoms with Crippen LogP contribution in [-0.4, -0.2) is 50.1 Å². The molecule has 0 bridgehead atoms. The normalized spacial score (nSPS) is 12.1. The molecule has 0 saturated carbocycles. The number of nitrogens with one attached hydrogen (secondary N) is 1. The highest BCUT2D eigenvalue weighted by atomic mass is 16.4. The van der Waals surface area contributed by atoms with Gasteiger partial charge in [0.15, 0.2) is 0 Å². The van der Waals surface area contributed by atoms with Crippen LogP contribution in [0.25, 0.3) is 0 Å². The summed E-state index contributed by atoms with van der Waals surface area (Å²) in [6.45, 7) is 3.55. The molecule has 30 heavy (non-hydrogen) atoms. The predicted octanol–water partition coefficient (Wildman–Crippen LogP) is 4.13. The molecule has 0 saturated heterocycles. The van der Waals surface area contributed by atoms with Gasteiger partial charge in [0.1, 0.15) is 6.54 Å². The maximum atomic E-state index is 11.8. The van der Waals surface area contributed by atoms with E-state index >= 15 is 0 Å². The van der Waals surface area contributed by atoms with Crippen LogP contribution < -0.4 is 10.4 Å². The van der Waals surface area contributed by atoms with Crippen LogP contribution in [0.2, 0.25) is 0 Å². The van der Waals surface area contributed by atoms with Crippen molar-refractivity contribution in [3.63, 3.8) is 0 Å². The molecule has 0 heterocycles. The monoisotopic (exact) mass is 422 g/mol. The molecule has 0 spiro atoms. The van der Waals surface area contributed by atoms with E-state index in [-0.39, 0.29) is 12.5 Å². The largest absolute Gasteiger partial charge is 0.544 e. The van der Waals surface area contributed by atoms with Gasteiger partial charge in [0.05, 0.1) is 26.6 Å². The maximum absolute atomic E-state index is 11.8. The Morgan fingerprint density at radius 1 is 0.833 bits per heavy atom. The molecule has 0 unspecified atom stereocenters. The smallest absolute Gasteiger partial charge is 0.219 e. The average Bonchev–Trinajstić information content (AvgIpc) is 2.67. The van der Waals surface area contributed by atoms with Gasteiger partial charge in [-0.05, 0) is 38.5 Å². The average molecular weight is 423 g/mol. The minimum absolute atomic E-state index is 0.0000883. The molecule has 5 heteroatoms. The van der Waals surface area contributed by atoms with Gasteiger partial charge in [0.25, 0.3) is 0 Å². The number of hydrogen-bond acceptors (Lipinski definition) is 3. The highest BCUT2D eigenvalue weighted by molar-refractivity contribution is 5.75. The number of aliphatic carboxylic acids is 1. The summed E-state index contributed by atoms with van der Waals surface area (Å²) < 4.78 is 0.378. The van der Waals surface area contributed by atoms with E-state index in [0.717, 1.165) is 32.1 Å². The number of likely N-dealkylation sites (N-methyl/N-ethyl adjacent to an activating group) is 1. The zero-order chi connectivity index (χ0) is 22.5. The first kappa shape index (κ1) is 28.4. The quantitative estimate of drug-likeness (QED) is 0.182. The van der Waals surface area contributed by atoms with E-state index < -0.39 is 5.97 Å². The molecular weight excluding hydrogens is 376 g/mol. The van der Waals surface area contributed by atoms with E-state index in [1.54, 1.807) is 0 Å². The first-order valence-electron chi connectivity index (χ1n) is 12.0. The van der Waals surface area contributed by atoms with Crippen molar-refractivity contribution < 1.29 is 19.2 Å². The van der Waals surface area contributed by atoms with E-state index in [0.29, 0.717) is 24.0 Å². The summed E-state index contributed by atoms with van der Waals surface area (Å²) in [5.74, 6) is -0.934. The maximum Gasteiger partial charge on any atom is 0.219 e. The molecule has 0 fully saturated rings. The van der Waals surface area contributed by atoms with Gasteiger partial charge in [-0.2, -0.15) is 0 Å². The molecule has 0 radical (unpaired) electrons. The highest BCUT2D eigenvalue weighted by Crippen LogP contribution is 2.08. The van der Waals surface area contributed by atoms with Crippen molar-refractivity contribution >= 4 is 11.9 Å². The van der Waals surface area contributed by atoms with Gasteiger partial charge in [0, 0.05) is 19.4 Å². The second-order valence-electron chi connectivity index (χ2n) is 8.87. The summed E-state index contributed by atoms with van der Waals surface area (Å²) in [6.07, 6.45) is 23.5. The molecule has 0 rings (SSSR count). The first-order valence-corrected chi connectivity index (χ1v) is 12.0.